The van der Waals surface area contributed by atoms with Gasteiger partial charge in [-0.25, -0.2) is 14.6 Å². The Bertz CT molecular complexity index is 931. The smallest absolute Gasteiger partial charge is 0.335 e. The summed E-state index contributed by atoms with van der Waals surface area (Å²) in [4.78, 5) is 18.8. The van der Waals surface area contributed by atoms with Crippen LogP contribution in [0.4, 0.5) is 5.69 Å². The summed E-state index contributed by atoms with van der Waals surface area (Å²) in [6, 6.07) is 9.88. The number of benzene rings is 2. The summed E-state index contributed by atoms with van der Waals surface area (Å²) >= 11 is 0. The molecular weight excluding hydrogens is 292 g/mol. The molecule has 0 bridgehead atoms. The molecule has 1 N–H and O–H groups in total. The molecule has 23 heavy (non-hydrogen) atoms. The van der Waals surface area contributed by atoms with Crippen LogP contribution in [-0.2, 0) is 0 Å². The van der Waals surface area contributed by atoms with Gasteiger partial charge in [-0.2, -0.15) is 0 Å². The number of oxazole rings is 1. The molecule has 5 heteroatoms. The summed E-state index contributed by atoms with van der Waals surface area (Å²) in [7, 11) is 0. The van der Waals surface area contributed by atoms with Crippen LogP contribution in [0.2, 0.25) is 0 Å². The number of rotatable bonds is 3. The predicted octanol–water partition coefficient (Wildman–Crippen LogP) is 4.87. The number of hydrogen-bond donors (Lipinski definition) is 1. The maximum atomic E-state index is 10.9. The van der Waals surface area contributed by atoms with Crippen molar-refractivity contribution in [3.8, 4) is 11.5 Å². The molecule has 0 spiro atoms. The summed E-state index contributed by atoms with van der Waals surface area (Å²) < 4.78 is 5.88. The van der Waals surface area contributed by atoms with Gasteiger partial charge in [0, 0.05) is 5.56 Å². The highest BCUT2D eigenvalue weighted by molar-refractivity contribution is 5.88. The van der Waals surface area contributed by atoms with E-state index < -0.39 is 5.97 Å². The highest BCUT2D eigenvalue weighted by Gasteiger charge is 2.15. The van der Waals surface area contributed by atoms with Crippen LogP contribution in [0.3, 0.4) is 0 Å². The average Bonchev–Trinajstić information content (AvgIpc) is 2.97. The normalized spacial score (nSPS) is 10.9. The van der Waals surface area contributed by atoms with Crippen LogP contribution in [-0.4, -0.2) is 16.1 Å². The fourth-order valence-electron chi connectivity index (χ4n) is 2.42. The SMILES string of the molecule is [C-]#[N+]c1cc(C(C)C)c2oc(-c3ccc(C(=O)O)cc3)nc2c1. The second kappa shape index (κ2) is 5.58. The first-order valence-corrected chi connectivity index (χ1v) is 7.15. The van der Waals surface area contributed by atoms with E-state index in [9.17, 15) is 4.79 Å². The van der Waals surface area contributed by atoms with Crippen molar-refractivity contribution in [3.63, 3.8) is 0 Å². The van der Waals surface area contributed by atoms with Gasteiger partial charge >= 0.3 is 5.97 Å². The fourth-order valence-corrected chi connectivity index (χ4v) is 2.42. The van der Waals surface area contributed by atoms with Crippen molar-refractivity contribution < 1.29 is 14.3 Å². The zero-order chi connectivity index (χ0) is 16.6. The van der Waals surface area contributed by atoms with Crippen LogP contribution in [0.1, 0.15) is 35.7 Å². The average molecular weight is 306 g/mol. The Balaban J connectivity index is 2.14. The predicted molar refractivity (Wildman–Crippen MR) is 86.8 cm³/mol. The Morgan fingerprint density at radius 2 is 1.96 bits per heavy atom. The third kappa shape index (κ3) is 2.67. The molecule has 114 valence electrons. The molecule has 0 aliphatic heterocycles. The third-order valence-corrected chi connectivity index (χ3v) is 3.63. The Morgan fingerprint density at radius 1 is 1.26 bits per heavy atom. The van der Waals surface area contributed by atoms with Gasteiger partial charge < -0.3 is 9.52 Å². The lowest BCUT2D eigenvalue weighted by Crippen LogP contribution is -1.94. The second-order valence-electron chi connectivity index (χ2n) is 5.55. The van der Waals surface area contributed by atoms with E-state index in [0.29, 0.717) is 28.2 Å². The first kappa shape index (κ1) is 14.8. The van der Waals surface area contributed by atoms with Crippen LogP contribution in [0.15, 0.2) is 40.8 Å². The van der Waals surface area contributed by atoms with E-state index in [1.165, 1.54) is 12.1 Å². The van der Waals surface area contributed by atoms with Crippen molar-refractivity contribution in [2.75, 3.05) is 0 Å². The number of carboxylic acids is 1. The summed E-state index contributed by atoms with van der Waals surface area (Å²) in [6.45, 7) is 11.3. The van der Waals surface area contributed by atoms with Gasteiger partial charge in [0.1, 0.15) is 0 Å². The lowest BCUT2D eigenvalue weighted by atomic mass is 10.0. The molecule has 3 rings (SSSR count). The van der Waals surface area contributed by atoms with E-state index in [-0.39, 0.29) is 11.5 Å². The van der Waals surface area contributed by atoms with Crippen LogP contribution < -0.4 is 0 Å². The van der Waals surface area contributed by atoms with Gasteiger partial charge in [0.25, 0.3) is 0 Å². The lowest BCUT2D eigenvalue weighted by Gasteiger charge is -2.05. The minimum atomic E-state index is -0.974. The second-order valence-corrected chi connectivity index (χ2v) is 5.55. The lowest BCUT2D eigenvalue weighted by molar-refractivity contribution is 0.0697. The summed E-state index contributed by atoms with van der Waals surface area (Å²) in [5, 5.41) is 8.95. The van der Waals surface area contributed by atoms with Gasteiger partial charge in [0.05, 0.1) is 17.7 Å². The third-order valence-electron chi connectivity index (χ3n) is 3.63. The Morgan fingerprint density at radius 3 is 2.52 bits per heavy atom. The van der Waals surface area contributed by atoms with Crippen LogP contribution in [0.25, 0.3) is 27.4 Å². The number of hydrogen-bond acceptors (Lipinski definition) is 3. The maximum Gasteiger partial charge on any atom is 0.335 e. The van der Waals surface area contributed by atoms with Crippen molar-refractivity contribution >= 4 is 22.8 Å². The van der Waals surface area contributed by atoms with Gasteiger partial charge in [-0.1, -0.05) is 13.8 Å². The highest BCUT2D eigenvalue weighted by Crippen LogP contribution is 2.33. The Labute approximate surface area is 133 Å². The minimum Gasteiger partial charge on any atom is -0.478 e. The molecule has 5 nitrogen and oxygen atoms in total. The first-order chi connectivity index (χ1) is 11.0. The molecule has 0 aliphatic carbocycles. The zero-order valence-electron chi connectivity index (χ0n) is 12.7. The zero-order valence-corrected chi connectivity index (χ0v) is 12.7. The number of nitrogens with zero attached hydrogens (tertiary/aromatic N) is 2. The first-order valence-electron chi connectivity index (χ1n) is 7.15. The largest absolute Gasteiger partial charge is 0.478 e. The van der Waals surface area contributed by atoms with E-state index in [0.717, 1.165) is 5.56 Å². The minimum absolute atomic E-state index is 0.203. The van der Waals surface area contributed by atoms with Crippen molar-refractivity contribution in [3.05, 3.63) is 58.9 Å². The number of fused-ring (bicyclic) bond motifs is 1. The Kier molecular flexibility index (Phi) is 3.59. The van der Waals surface area contributed by atoms with Crippen LogP contribution >= 0.6 is 0 Å². The van der Waals surface area contributed by atoms with Gasteiger partial charge in [0.15, 0.2) is 11.3 Å². The quantitative estimate of drug-likeness (QED) is 0.701. The monoisotopic (exact) mass is 306 g/mol. The number of aromatic nitrogens is 1. The van der Waals surface area contributed by atoms with Crippen LogP contribution in [0, 0.1) is 6.57 Å². The Hall–Kier alpha value is -3.13. The maximum absolute atomic E-state index is 10.9. The van der Waals surface area contributed by atoms with Gasteiger partial charge in [-0.3, -0.25) is 0 Å². The molecule has 0 saturated heterocycles. The molecule has 0 fully saturated rings. The van der Waals surface area contributed by atoms with E-state index >= 15 is 0 Å². The van der Waals surface area contributed by atoms with E-state index in [1.807, 2.05) is 19.9 Å². The standard InChI is InChI=1S/C18H14N2O3/c1-10(2)14-8-13(19-3)9-15-16(14)23-17(20-15)11-4-6-12(7-5-11)18(21)22/h4-10H,1-2H3,(H,21,22). The van der Waals surface area contributed by atoms with E-state index in [1.54, 1.807) is 18.2 Å². The van der Waals surface area contributed by atoms with Crippen LogP contribution in [0.5, 0.6) is 0 Å². The van der Waals surface area contributed by atoms with Gasteiger partial charge in [0.2, 0.25) is 5.89 Å². The van der Waals surface area contributed by atoms with Gasteiger partial charge in [-0.05, 0) is 47.9 Å². The number of carboxylic acid groups (broad SMARTS) is 1. The van der Waals surface area contributed by atoms with Crippen molar-refractivity contribution in [1.82, 2.24) is 4.98 Å². The fraction of sp³-hybridized carbons (Fsp3) is 0.167. The molecule has 3 aromatic rings. The number of aromatic carboxylic acids is 1. The van der Waals surface area contributed by atoms with Crippen molar-refractivity contribution in [2.45, 2.75) is 19.8 Å². The molecule has 1 aromatic heterocycles. The summed E-state index contributed by atoms with van der Waals surface area (Å²) in [5.41, 5.74) is 3.69. The molecule has 0 radical (unpaired) electrons. The molecule has 0 saturated carbocycles. The molecule has 1 heterocycles. The molecule has 0 aliphatic rings. The summed E-state index contributed by atoms with van der Waals surface area (Å²) in [6.07, 6.45) is 0. The van der Waals surface area contributed by atoms with Crippen molar-refractivity contribution in [2.24, 2.45) is 0 Å². The highest BCUT2D eigenvalue weighted by atomic mass is 16.4. The molecular formula is C18H14N2O3. The molecule has 0 atom stereocenters. The van der Waals surface area contributed by atoms with Crippen molar-refractivity contribution in [1.29, 1.82) is 0 Å². The number of carbonyl (C=O) groups is 1. The van der Waals surface area contributed by atoms with Gasteiger partial charge in [-0.15, -0.1) is 0 Å². The molecule has 0 amide bonds. The van der Waals surface area contributed by atoms with E-state index in [2.05, 4.69) is 9.83 Å². The molecule has 0 unspecified atom stereocenters. The topological polar surface area (TPSA) is 67.7 Å². The van der Waals surface area contributed by atoms with E-state index in [4.69, 9.17) is 16.1 Å². The summed E-state index contributed by atoms with van der Waals surface area (Å²) in [5.74, 6) is -0.353. The molecule has 2 aromatic carbocycles.